The maximum atomic E-state index is 12.5. The van der Waals surface area contributed by atoms with Crippen LogP contribution in [0.1, 0.15) is 13.8 Å². The summed E-state index contributed by atoms with van der Waals surface area (Å²) in [5, 5.41) is 3.20. The van der Waals surface area contributed by atoms with Crippen LogP contribution in [0.25, 0.3) is 0 Å². The van der Waals surface area contributed by atoms with E-state index in [1.807, 2.05) is 0 Å². The number of hydrogen-bond donors (Lipinski definition) is 1. The minimum absolute atomic E-state index is 0.349. The van der Waals surface area contributed by atoms with Gasteiger partial charge in [0.25, 0.3) is 0 Å². The Morgan fingerprint density at radius 1 is 1.50 bits per heavy atom. The van der Waals surface area contributed by atoms with Gasteiger partial charge in [-0.05, 0) is 6.07 Å². The molecule has 4 heteroatoms. The van der Waals surface area contributed by atoms with E-state index in [1.54, 1.807) is 0 Å². The van der Waals surface area contributed by atoms with Crippen LogP contribution in [0.2, 0.25) is 0 Å². The Balaban J connectivity index is 2.21. The Kier molecular flexibility index (Phi) is 4.32. The van der Waals surface area contributed by atoms with Crippen molar-refractivity contribution in [3.63, 3.8) is 0 Å². The summed E-state index contributed by atoms with van der Waals surface area (Å²) in [6.45, 7) is 5.43. The van der Waals surface area contributed by atoms with Gasteiger partial charge in [-0.25, -0.2) is 9.37 Å². The fourth-order valence-electron chi connectivity index (χ4n) is 0.951. The molecule has 3 nitrogen and oxygen atoms in total. The van der Waals surface area contributed by atoms with Crippen molar-refractivity contribution < 1.29 is 9.13 Å². The first-order valence-corrected chi connectivity index (χ1v) is 4.66. The molecule has 1 aromatic rings. The lowest BCUT2D eigenvalue weighted by Gasteiger charge is -2.08. The van der Waals surface area contributed by atoms with Gasteiger partial charge in [0, 0.05) is 18.7 Å². The third-order valence-electron chi connectivity index (χ3n) is 1.60. The molecule has 0 spiro atoms. The quantitative estimate of drug-likeness (QED) is 0.730. The summed E-state index contributed by atoms with van der Waals surface area (Å²) in [4.78, 5) is 3.77. The van der Waals surface area contributed by atoms with Crippen molar-refractivity contribution in [2.75, 3.05) is 13.2 Å². The predicted octanol–water partition coefficient (Wildman–Crippen LogP) is 1.60. The van der Waals surface area contributed by atoms with Crippen LogP contribution in [-0.4, -0.2) is 24.2 Å². The van der Waals surface area contributed by atoms with Crippen LogP contribution in [0.15, 0.2) is 18.3 Å². The lowest BCUT2D eigenvalue weighted by Crippen LogP contribution is -2.27. The molecule has 0 aliphatic heterocycles. The number of aromatic nitrogens is 1. The average molecular weight is 198 g/mol. The van der Waals surface area contributed by atoms with E-state index in [9.17, 15) is 4.39 Å². The molecule has 1 N–H and O–H groups in total. The van der Waals surface area contributed by atoms with Crippen LogP contribution in [0.5, 0.6) is 5.88 Å². The fourth-order valence-corrected chi connectivity index (χ4v) is 0.951. The molecule has 0 atom stereocenters. The zero-order chi connectivity index (χ0) is 10.4. The van der Waals surface area contributed by atoms with Crippen LogP contribution in [0.3, 0.4) is 0 Å². The molecule has 1 aromatic heterocycles. The lowest BCUT2D eigenvalue weighted by atomic mass is 10.4. The topological polar surface area (TPSA) is 34.1 Å². The standard InChI is InChI=1S/C10H15FN2O/c1-8(2)12-5-6-14-10-4-3-9(11)7-13-10/h3-4,7-8,12H,5-6H2,1-2H3. The number of halogens is 1. The SMILES string of the molecule is CC(C)NCCOc1ccc(F)cn1. The maximum absolute atomic E-state index is 12.5. The third kappa shape index (κ3) is 4.18. The summed E-state index contributed by atoms with van der Waals surface area (Å²) in [5.41, 5.74) is 0. The molecule has 0 unspecified atom stereocenters. The van der Waals surface area contributed by atoms with E-state index in [2.05, 4.69) is 24.1 Å². The molecule has 1 rings (SSSR count). The number of hydrogen-bond acceptors (Lipinski definition) is 3. The van der Waals surface area contributed by atoms with Gasteiger partial charge in [0.2, 0.25) is 5.88 Å². The van der Waals surface area contributed by atoms with Crippen molar-refractivity contribution in [3.8, 4) is 5.88 Å². The molecule has 0 saturated heterocycles. The molecule has 0 radical (unpaired) electrons. The zero-order valence-corrected chi connectivity index (χ0v) is 8.46. The first-order valence-electron chi connectivity index (χ1n) is 4.66. The highest BCUT2D eigenvalue weighted by Crippen LogP contribution is 2.05. The number of nitrogens with one attached hydrogen (secondary N) is 1. The van der Waals surface area contributed by atoms with Gasteiger partial charge in [-0.3, -0.25) is 0 Å². The molecule has 0 aliphatic carbocycles. The third-order valence-corrected chi connectivity index (χ3v) is 1.60. The minimum atomic E-state index is -0.349. The Bertz CT molecular complexity index is 261. The average Bonchev–Trinajstić information content (AvgIpc) is 2.15. The van der Waals surface area contributed by atoms with E-state index in [1.165, 1.54) is 12.1 Å². The molecule has 0 aromatic carbocycles. The van der Waals surface area contributed by atoms with Gasteiger partial charge < -0.3 is 10.1 Å². The molecular weight excluding hydrogens is 183 g/mol. The largest absolute Gasteiger partial charge is 0.476 e. The summed E-state index contributed by atoms with van der Waals surface area (Å²) < 4.78 is 17.7. The summed E-state index contributed by atoms with van der Waals surface area (Å²) in [6.07, 6.45) is 1.14. The second-order valence-electron chi connectivity index (χ2n) is 3.27. The van der Waals surface area contributed by atoms with E-state index in [0.717, 1.165) is 12.7 Å². The molecule has 0 saturated carbocycles. The van der Waals surface area contributed by atoms with Crippen molar-refractivity contribution in [2.45, 2.75) is 19.9 Å². The van der Waals surface area contributed by atoms with Gasteiger partial charge in [-0.15, -0.1) is 0 Å². The maximum Gasteiger partial charge on any atom is 0.213 e. The van der Waals surface area contributed by atoms with Crippen LogP contribution in [0, 0.1) is 5.82 Å². The van der Waals surface area contributed by atoms with Crippen molar-refractivity contribution in [1.29, 1.82) is 0 Å². The van der Waals surface area contributed by atoms with Crippen LogP contribution >= 0.6 is 0 Å². The molecule has 14 heavy (non-hydrogen) atoms. The van der Waals surface area contributed by atoms with Gasteiger partial charge in [-0.1, -0.05) is 13.8 Å². The summed E-state index contributed by atoms with van der Waals surface area (Å²) >= 11 is 0. The van der Waals surface area contributed by atoms with E-state index in [-0.39, 0.29) is 5.82 Å². The first-order chi connectivity index (χ1) is 6.68. The van der Waals surface area contributed by atoms with Crippen molar-refractivity contribution >= 4 is 0 Å². The molecule has 1 heterocycles. The molecule has 0 aliphatic rings. The summed E-state index contributed by atoms with van der Waals surface area (Å²) in [6, 6.07) is 3.29. The lowest BCUT2D eigenvalue weighted by molar-refractivity contribution is 0.297. The highest BCUT2D eigenvalue weighted by atomic mass is 19.1. The number of ether oxygens (including phenoxy) is 1. The molecule has 0 amide bonds. The first kappa shape index (κ1) is 10.9. The van der Waals surface area contributed by atoms with Crippen molar-refractivity contribution in [1.82, 2.24) is 10.3 Å². The molecule has 0 fully saturated rings. The van der Waals surface area contributed by atoms with E-state index in [4.69, 9.17) is 4.74 Å². The van der Waals surface area contributed by atoms with E-state index in [0.29, 0.717) is 18.5 Å². The van der Waals surface area contributed by atoms with Gasteiger partial charge in [0.05, 0.1) is 6.20 Å². The zero-order valence-electron chi connectivity index (χ0n) is 8.46. The van der Waals surface area contributed by atoms with Gasteiger partial charge in [0.15, 0.2) is 0 Å². The van der Waals surface area contributed by atoms with Gasteiger partial charge in [-0.2, -0.15) is 0 Å². The number of rotatable bonds is 5. The van der Waals surface area contributed by atoms with Gasteiger partial charge in [0.1, 0.15) is 12.4 Å². The highest BCUT2D eigenvalue weighted by Gasteiger charge is 1.96. The second kappa shape index (κ2) is 5.54. The van der Waals surface area contributed by atoms with Crippen molar-refractivity contribution in [3.05, 3.63) is 24.1 Å². The van der Waals surface area contributed by atoms with E-state index < -0.39 is 0 Å². The minimum Gasteiger partial charge on any atom is -0.476 e. The number of pyridine rings is 1. The Morgan fingerprint density at radius 3 is 2.86 bits per heavy atom. The Morgan fingerprint density at radius 2 is 2.29 bits per heavy atom. The highest BCUT2D eigenvalue weighted by molar-refractivity contribution is 5.10. The normalized spacial score (nSPS) is 10.6. The molecule has 78 valence electrons. The van der Waals surface area contributed by atoms with Gasteiger partial charge >= 0.3 is 0 Å². The van der Waals surface area contributed by atoms with Crippen LogP contribution in [-0.2, 0) is 0 Å². The van der Waals surface area contributed by atoms with E-state index >= 15 is 0 Å². The van der Waals surface area contributed by atoms with Crippen LogP contribution in [0.4, 0.5) is 4.39 Å². The number of nitrogens with zero attached hydrogens (tertiary/aromatic N) is 1. The Hall–Kier alpha value is -1.16. The predicted molar refractivity (Wildman–Crippen MR) is 52.8 cm³/mol. The smallest absolute Gasteiger partial charge is 0.213 e. The fraction of sp³-hybridized carbons (Fsp3) is 0.500. The second-order valence-corrected chi connectivity index (χ2v) is 3.27. The molecular formula is C10H15FN2O. The van der Waals surface area contributed by atoms with Crippen LogP contribution < -0.4 is 10.1 Å². The molecule has 0 bridgehead atoms. The van der Waals surface area contributed by atoms with Crippen molar-refractivity contribution in [2.24, 2.45) is 0 Å². The monoisotopic (exact) mass is 198 g/mol. The Labute approximate surface area is 83.3 Å². The summed E-state index contributed by atoms with van der Waals surface area (Å²) in [7, 11) is 0. The summed E-state index contributed by atoms with van der Waals surface area (Å²) in [5.74, 6) is 0.106.